The summed E-state index contributed by atoms with van der Waals surface area (Å²) in [6.07, 6.45) is 6.29. The first kappa shape index (κ1) is 12.7. The van der Waals surface area contributed by atoms with Gasteiger partial charge >= 0.3 is 0 Å². The number of nitrogens with two attached hydrogens (primary N) is 1. The summed E-state index contributed by atoms with van der Waals surface area (Å²) < 4.78 is 1.77. The van der Waals surface area contributed by atoms with Gasteiger partial charge in [0.05, 0.1) is 35.2 Å². The predicted molar refractivity (Wildman–Crippen MR) is 76.5 cm³/mol. The number of nitrogens with one attached hydrogen (secondary N) is 1. The van der Waals surface area contributed by atoms with Crippen LogP contribution in [0.2, 0.25) is 0 Å². The van der Waals surface area contributed by atoms with Crippen molar-refractivity contribution in [3.05, 3.63) is 54.1 Å². The number of nitrogens with zero attached hydrogens (tertiary/aromatic N) is 4. The number of hydrogen-bond donors (Lipinski definition) is 2. The Labute approximate surface area is 116 Å². The first-order chi connectivity index (χ1) is 9.76. The Kier molecular flexibility index (Phi) is 3.41. The van der Waals surface area contributed by atoms with Crippen molar-refractivity contribution in [3.63, 3.8) is 0 Å². The topological polar surface area (TPSA) is 81.7 Å². The fraction of sp³-hybridized carbons (Fsp3) is 0.214. The van der Waals surface area contributed by atoms with E-state index in [0.717, 1.165) is 28.7 Å². The van der Waals surface area contributed by atoms with Gasteiger partial charge in [-0.25, -0.2) is 4.98 Å². The van der Waals surface area contributed by atoms with Crippen LogP contribution >= 0.6 is 0 Å². The Morgan fingerprint density at radius 1 is 1.25 bits per heavy atom. The second-order valence-electron chi connectivity index (χ2n) is 4.73. The predicted octanol–water partition coefficient (Wildman–Crippen LogP) is 1.11. The number of hydrazine groups is 1. The van der Waals surface area contributed by atoms with Gasteiger partial charge in [0, 0.05) is 13.2 Å². The van der Waals surface area contributed by atoms with E-state index in [2.05, 4.69) is 20.5 Å². The van der Waals surface area contributed by atoms with Gasteiger partial charge in [-0.2, -0.15) is 5.10 Å². The SMILES string of the molecule is Cn1cc(CC(NN)c2cnc3ccccc3n2)cn1. The minimum absolute atomic E-state index is 0.0868. The average molecular weight is 268 g/mol. The number of benzene rings is 1. The normalized spacial score (nSPS) is 12.7. The van der Waals surface area contributed by atoms with Gasteiger partial charge in [0.2, 0.25) is 0 Å². The lowest BCUT2D eigenvalue weighted by Gasteiger charge is -2.14. The molecular weight excluding hydrogens is 252 g/mol. The summed E-state index contributed by atoms with van der Waals surface area (Å²) in [6.45, 7) is 0. The van der Waals surface area contributed by atoms with Crippen molar-refractivity contribution < 1.29 is 0 Å². The minimum Gasteiger partial charge on any atom is -0.276 e. The van der Waals surface area contributed by atoms with Crippen LogP contribution < -0.4 is 11.3 Å². The number of aromatic nitrogens is 4. The zero-order chi connectivity index (χ0) is 13.9. The molecule has 1 aromatic carbocycles. The van der Waals surface area contributed by atoms with E-state index < -0.39 is 0 Å². The van der Waals surface area contributed by atoms with Crippen LogP contribution in [0.3, 0.4) is 0 Å². The molecule has 2 heterocycles. The molecular formula is C14H16N6. The summed E-state index contributed by atoms with van der Waals surface area (Å²) in [5.74, 6) is 5.66. The molecule has 0 aliphatic heterocycles. The lowest BCUT2D eigenvalue weighted by Crippen LogP contribution is -2.30. The van der Waals surface area contributed by atoms with E-state index in [1.807, 2.05) is 43.7 Å². The van der Waals surface area contributed by atoms with E-state index in [1.54, 1.807) is 10.9 Å². The molecule has 1 unspecified atom stereocenters. The highest BCUT2D eigenvalue weighted by Crippen LogP contribution is 2.17. The fourth-order valence-corrected chi connectivity index (χ4v) is 2.20. The third-order valence-corrected chi connectivity index (χ3v) is 3.22. The lowest BCUT2D eigenvalue weighted by atomic mass is 10.1. The Bertz CT molecular complexity index is 720. The number of para-hydroxylation sites is 2. The summed E-state index contributed by atoms with van der Waals surface area (Å²) in [6, 6.07) is 7.70. The van der Waals surface area contributed by atoms with Gasteiger partial charge in [-0.3, -0.25) is 20.9 Å². The van der Waals surface area contributed by atoms with Gasteiger partial charge in [0.15, 0.2) is 0 Å². The van der Waals surface area contributed by atoms with Crippen molar-refractivity contribution in [2.45, 2.75) is 12.5 Å². The molecule has 0 saturated heterocycles. The van der Waals surface area contributed by atoms with Crippen LogP contribution in [0.5, 0.6) is 0 Å². The molecule has 0 radical (unpaired) electrons. The molecule has 3 rings (SSSR count). The maximum atomic E-state index is 5.66. The van der Waals surface area contributed by atoms with Gasteiger partial charge in [0.1, 0.15) is 0 Å². The molecule has 20 heavy (non-hydrogen) atoms. The standard InChI is InChI=1S/C14H16N6/c1-20-9-10(7-17-20)6-13(19-15)14-8-16-11-4-2-3-5-12(11)18-14/h2-5,7-9,13,19H,6,15H2,1H3. The Balaban J connectivity index is 1.90. The summed E-state index contributed by atoms with van der Waals surface area (Å²) in [5.41, 5.74) is 6.49. The van der Waals surface area contributed by atoms with Gasteiger partial charge < -0.3 is 0 Å². The molecule has 0 aliphatic carbocycles. The molecule has 102 valence electrons. The Hall–Kier alpha value is -2.31. The van der Waals surface area contributed by atoms with Gasteiger partial charge in [-0.1, -0.05) is 12.1 Å². The third kappa shape index (κ3) is 2.52. The van der Waals surface area contributed by atoms with Crippen molar-refractivity contribution in [1.29, 1.82) is 0 Å². The fourth-order valence-electron chi connectivity index (χ4n) is 2.20. The number of aryl methyl sites for hydroxylation is 1. The van der Waals surface area contributed by atoms with Crippen molar-refractivity contribution >= 4 is 11.0 Å². The number of hydrogen-bond acceptors (Lipinski definition) is 5. The average Bonchev–Trinajstić information content (AvgIpc) is 2.89. The van der Waals surface area contributed by atoms with Crippen LogP contribution in [0.15, 0.2) is 42.9 Å². The smallest absolute Gasteiger partial charge is 0.0890 e. The summed E-state index contributed by atoms with van der Waals surface area (Å²) in [5, 5.41) is 4.16. The monoisotopic (exact) mass is 268 g/mol. The zero-order valence-corrected chi connectivity index (χ0v) is 11.2. The van der Waals surface area contributed by atoms with E-state index >= 15 is 0 Å². The summed E-state index contributed by atoms with van der Waals surface area (Å²) >= 11 is 0. The highest BCUT2D eigenvalue weighted by molar-refractivity contribution is 5.73. The number of fused-ring (bicyclic) bond motifs is 1. The maximum absolute atomic E-state index is 5.66. The van der Waals surface area contributed by atoms with Crippen molar-refractivity contribution in [2.75, 3.05) is 0 Å². The lowest BCUT2D eigenvalue weighted by molar-refractivity contribution is 0.538. The first-order valence-corrected chi connectivity index (χ1v) is 6.41. The summed E-state index contributed by atoms with van der Waals surface area (Å²) in [7, 11) is 1.89. The van der Waals surface area contributed by atoms with Crippen LogP contribution in [0.4, 0.5) is 0 Å². The van der Waals surface area contributed by atoms with E-state index in [-0.39, 0.29) is 6.04 Å². The van der Waals surface area contributed by atoms with Crippen molar-refractivity contribution in [1.82, 2.24) is 25.2 Å². The van der Waals surface area contributed by atoms with Crippen molar-refractivity contribution in [3.8, 4) is 0 Å². The molecule has 0 aliphatic rings. The largest absolute Gasteiger partial charge is 0.276 e. The molecule has 0 saturated carbocycles. The number of rotatable bonds is 4. The minimum atomic E-state index is -0.0868. The van der Waals surface area contributed by atoms with Gasteiger partial charge in [-0.15, -0.1) is 0 Å². The van der Waals surface area contributed by atoms with Crippen LogP contribution in [-0.4, -0.2) is 19.7 Å². The highest BCUT2D eigenvalue weighted by atomic mass is 15.3. The highest BCUT2D eigenvalue weighted by Gasteiger charge is 2.14. The van der Waals surface area contributed by atoms with Crippen LogP contribution in [0, 0.1) is 0 Å². The molecule has 3 N–H and O–H groups in total. The first-order valence-electron chi connectivity index (χ1n) is 6.41. The van der Waals surface area contributed by atoms with E-state index in [4.69, 9.17) is 5.84 Å². The van der Waals surface area contributed by atoms with E-state index in [0.29, 0.717) is 0 Å². The molecule has 0 fully saturated rings. The molecule has 1 atom stereocenters. The Morgan fingerprint density at radius 2 is 2.05 bits per heavy atom. The quantitative estimate of drug-likeness (QED) is 0.547. The molecule has 0 spiro atoms. The second kappa shape index (κ2) is 5.36. The van der Waals surface area contributed by atoms with E-state index in [1.165, 1.54) is 0 Å². The molecule has 2 aromatic heterocycles. The molecule has 6 nitrogen and oxygen atoms in total. The second-order valence-corrected chi connectivity index (χ2v) is 4.73. The molecule has 3 aromatic rings. The molecule has 0 amide bonds. The van der Waals surface area contributed by atoms with Crippen molar-refractivity contribution in [2.24, 2.45) is 12.9 Å². The van der Waals surface area contributed by atoms with Crippen LogP contribution in [0.1, 0.15) is 17.3 Å². The van der Waals surface area contributed by atoms with Gasteiger partial charge in [0.25, 0.3) is 0 Å². The zero-order valence-electron chi connectivity index (χ0n) is 11.2. The summed E-state index contributed by atoms with van der Waals surface area (Å²) in [4.78, 5) is 9.04. The van der Waals surface area contributed by atoms with E-state index in [9.17, 15) is 0 Å². The van der Waals surface area contributed by atoms with Crippen LogP contribution in [0.25, 0.3) is 11.0 Å². The maximum Gasteiger partial charge on any atom is 0.0890 e. The molecule has 6 heteroatoms. The molecule has 0 bridgehead atoms. The van der Waals surface area contributed by atoms with Crippen LogP contribution in [-0.2, 0) is 13.5 Å². The Morgan fingerprint density at radius 3 is 2.75 bits per heavy atom. The van der Waals surface area contributed by atoms with Gasteiger partial charge in [-0.05, 0) is 24.1 Å². The third-order valence-electron chi connectivity index (χ3n) is 3.22.